The average Bonchev–Trinajstić information content (AvgIpc) is 2.97. The number of ether oxygens (including phenoxy) is 1. The normalized spacial score (nSPS) is 18.7. The molecule has 152 valence electrons. The van der Waals surface area contributed by atoms with Crippen molar-refractivity contribution in [3.8, 4) is 0 Å². The van der Waals surface area contributed by atoms with Crippen LogP contribution in [0.2, 0.25) is 0 Å². The maximum atomic E-state index is 12.9. The number of aliphatic hydroxyl groups excluding tert-OH is 1. The number of methoxy groups -OCH3 is 1. The molecule has 0 saturated carbocycles. The summed E-state index contributed by atoms with van der Waals surface area (Å²) in [7, 11) is 1.55. The molecule has 5 nitrogen and oxygen atoms in total. The van der Waals surface area contributed by atoms with Crippen LogP contribution in [0.1, 0.15) is 48.1 Å². The smallest absolute Gasteiger partial charge is 0.295 e. The van der Waals surface area contributed by atoms with Crippen LogP contribution < -0.4 is 0 Å². The minimum absolute atomic E-state index is 0.118. The topological polar surface area (TPSA) is 66.8 Å². The quantitative estimate of drug-likeness (QED) is 0.454. The van der Waals surface area contributed by atoms with Crippen LogP contribution in [0.4, 0.5) is 0 Å². The Morgan fingerprint density at radius 2 is 1.69 bits per heavy atom. The van der Waals surface area contributed by atoms with Crippen LogP contribution in [-0.2, 0) is 14.3 Å². The number of Topliss-reactive ketones (excluding diaryl/α,β-unsaturated/α-hetero) is 1. The van der Waals surface area contributed by atoms with E-state index in [1.54, 1.807) is 19.2 Å². The lowest BCUT2D eigenvalue weighted by Crippen LogP contribution is -2.32. The molecule has 1 amide bonds. The number of nitrogens with zero attached hydrogens (tertiary/aromatic N) is 1. The van der Waals surface area contributed by atoms with E-state index in [0.29, 0.717) is 18.1 Å². The van der Waals surface area contributed by atoms with Gasteiger partial charge in [-0.2, -0.15) is 0 Å². The first-order chi connectivity index (χ1) is 13.8. The number of likely N-dealkylation sites (tertiary alicyclic amines) is 1. The van der Waals surface area contributed by atoms with Gasteiger partial charge in [0.05, 0.1) is 18.2 Å². The molecule has 1 aliphatic heterocycles. The molecule has 0 aromatic heterocycles. The molecule has 1 atom stereocenters. The lowest BCUT2D eigenvalue weighted by Gasteiger charge is -2.25. The molecule has 0 unspecified atom stereocenters. The molecule has 2 aromatic rings. The highest BCUT2D eigenvalue weighted by Gasteiger charge is 2.45. The van der Waals surface area contributed by atoms with E-state index >= 15 is 0 Å². The van der Waals surface area contributed by atoms with Gasteiger partial charge in [0.2, 0.25) is 0 Å². The number of amides is 1. The largest absolute Gasteiger partial charge is 0.507 e. The maximum absolute atomic E-state index is 12.9. The van der Waals surface area contributed by atoms with Crippen molar-refractivity contribution in [3.05, 3.63) is 76.4 Å². The summed E-state index contributed by atoms with van der Waals surface area (Å²) in [5.41, 5.74) is 3.64. The van der Waals surface area contributed by atoms with Crippen LogP contribution in [0.15, 0.2) is 54.1 Å². The minimum Gasteiger partial charge on any atom is -0.507 e. The highest BCUT2D eigenvalue weighted by Crippen LogP contribution is 2.39. The van der Waals surface area contributed by atoms with E-state index in [1.165, 1.54) is 10.5 Å². The third-order valence-corrected chi connectivity index (χ3v) is 5.32. The number of ketones is 1. The number of benzene rings is 2. The molecule has 1 heterocycles. The molecule has 0 spiro atoms. The monoisotopic (exact) mass is 393 g/mol. The highest BCUT2D eigenvalue weighted by molar-refractivity contribution is 6.46. The number of hydrogen-bond donors (Lipinski definition) is 1. The van der Waals surface area contributed by atoms with Gasteiger partial charge in [-0.25, -0.2) is 0 Å². The first-order valence-corrected chi connectivity index (χ1v) is 9.79. The van der Waals surface area contributed by atoms with Gasteiger partial charge >= 0.3 is 0 Å². The van der Waals surface area contributed by atoms with E-state index in [9.17, 15) is 14.7 Å². The fourth-order valence-corrected chi connectivity index (χ4v) is 3.58. The van der Waals surface area contributed by atoms with Crippen molar-refractivity contribution in [2.24, 2.45) is 0 Å². The van der Waals surface area contributed by atoms with Crippen molar-refractivity contribution in [1.82, 2.24) is 4.90 Å². The molecule has 1 saturated heterocycles. The third-order valence-electron chi connectivity index (χ3n) is 5.32. The lowest BCUT2D eigenvalue weighted by atomic mass is 9.93. The molecule has 1 fully saturated rings. The Labute approximate surface area is 171 Å². The third kappa shape index (κ3) is 4.10. The Hall–Kier alpha value is -2.92. The van der Waals surface area contributed by atoms with Crippen molar-refractivity contribution in [3.63, 3.8) is 0 Å². The number of carbonyl (C=O) groups excluding carboxylic acids is 2. The second kappa shape index (κ2) is 8.62. The van der Waals surface area contributed by atoms with E-state index in [1.807, 2.05) is 43.3 Å². The van der Waals surface area contributed by atoms with Crippen molar-refractivity contribution >= 4 is 17.4 Å². The van der Waals surface area contributed by atoms with Crippen molar-refractivity contribution in [1.29, 1.82) is 0 Å². The first kappa shape index (κ1) is 20.8. The van der Waals surface area contributed by atoms with E-state index in [-0.39, 0.29) is 17.9 Å². The van der Waals surface area contributed by atoms with Crippen LogP contribution in [0.25, 0.3) is 5.76 Å². The molecule has 0 radical (unpaired) electrons. The molecular formula is C24H27NO4. The summed E-state index contributed by atoms with van der Waals surface area (Å²) in [4.78, 5) is 27.1. The van der Waals surface area contributed by atoms with E-state index in [4.69, 9.17) is 4.74 Å². The van der Waals surface area contributed by atoms with Gasteiger partial charge in [-0.15, -0.1) is 0 Å². The van der Waals surface area contributed by atoms with E-state index in [2.05, 4.69) is 13.8 Å². The molecule has 3 rings (SSSR count). The summed E-state index contributed by atoms with van der Waals surface area (Å²) >= 11 is 0. The van der Waals surface area contributed by atoms with Gasteiger partial charge in [0.1, 0.15) is 5.76 Å². The summed E-state index contributed by atoms with van der Waals surface area (Å²) in [6.07, 6.45) is 0. The Morgan fingerprint density at radius 3 is 2.24 bits per heavy atom. The second-order valence-electron chi connectivity index (χ2n) is 7.67. The highest BCUT2D eigenvalue weighted by atomic mass is 16.5. The van der Waals surface area contributed by atoms with Gasteiger partial charge in [-0.1, -0.05) is 67.9 Å². The van der Waals surface area contributed by atoms with Crippen LogP contribution in [0.5, 0.6) is 0 Å². The summed E-state index contributed by atoms with van der Waals surface area (Å²) < 4.78 is 5.13. The number of aryl methyl sites for hydroxylation is 1. The SMILES string of the molecule is COCCN1C(=O)C(=O)C(=C(O)c2ccc(C)cc2)[C@@H]1c1ccc(C(C)C)cc1. The first-order valence-electron chi connectivity index (χ1n) is 9.79. The van der Waals surface area contributed by atoms with E-state index < -0.39 is 17.7 Å². The molecule has 0 aliphatic carbocycles. The van der Waals surface area contributed by atoms with Crippen LogP contribution in [0.3, 0.4) is 0 Å². The molecule has 29 heavy (non-hydrogen) atoms. The van der Waals surface area contributed by atoms with Crippen molar-refractivity contribution in [2.75, 3.05) is 20.3 Å². The molecule has 0 bridgehead atoms. The summed E-state index contributed by atoms with van der Waals surface area (Å²) in [6.45, 7) is 6.73. The van der Waals surface area contributed by atoms with Gasteiger partial charge in [0, 0.05) is 19.2 Å². The molecule has 2 aromatic carbocycles. The zero-order valence-electron chi connectivity index (χ0n) is 17.3. The average molecular weight is 393 g/mol. The number of rotatable bonds is 6. The van der Waals surface area contributed by atoms with Gasteiger partial charge in [0.25, 0.3) is 11.7 Å². The molecule has 5 heteroatoms. The second-order valence-corrected chi connectivity index (χ2v) is 7.67. The Bertz CT molecular complexity index is 926. The predicted molar refractivity (Wildman–Crippen MR) is 113 cm³/mol. The molecule has 1 aliphatic rings. The minimum atomic E-state index is -0.669. The van der Waals surface area contributed by atoms with Gasteiger partial charge in [-0.3, -0.25) is 9.59 Å². The molecule has 1 N–H and O–H groups in total. The van der Waals surface area contributed by atoms with Crippen LogP contribution in [0, 0.1) is 6.92 Å². The van der Waals surface area contributed by atoms with Gasteiger partial charge in [0.15, 0.2) is 0 Å². The van der Waals surface area contributed by atoms with Gasteiger partial charge < -0.3 is 14.7 Å². The summed E-state index contributed by atoms with van der Waals surface area (Å²) in [5, 5.41) is 11.0. The maximum Gasteiger partial charge on any atom is 0.295 e. The zero-order valence-corrected chi connectivity index (χ0v) is 17.3. The van der Waals surface area contributed by atoms with Crippen molar-refractivity contribution in [2.45, 2.75) is 32.7 Å². The fourth-order valence-electron chi connectivity index (χ4n) is 3.58. The Balaban J connectivity index is 2.13. The zero-order chi connectivity index (χ0) is 21.1. The number of aliphatic hydroxyl groups is 1. The van der Waals surface area contributed by atoms with Crippen LogP contribution >= 0.6 is 0 Å². The Morgan fingerprint density at radius 1 is 1.07 bits per heavy atom. The Kier molecular flexibility index (Phi) is 6.18. The van der Waals surface area contributed by atoms with E-state index in [0.717, 1.165) is 11.1 Å². The van der Waals surface area contributed by atoms with Gasteiger partial charge in [-0.05, 0) is 24.0 Å². The number of hydrogen-bond acceptors (Lipinski definition) is 4. The fraction of sp³-hybridized carbons (Fsp3) is 0.333. The number of carbonyl (C=O) groups is 2. The summed E-state index contributed by atoms with van der Waals surface area (Å²) in [5.74, 6) is -1.07. The van der Waals surface area contributed by atoms with Crippen LogP contribution in [-0.4, -0.2) is 42.0 Å². The molecular weight excluding hydrogens is 366 g/mol. The predicted octanol–water partition coefficient (Wildman–Crippen LogP) is 4.19. The lowest BCUT2D eigenvalue weighted by molar-refractivity contribution is -0.140. The standard InChI is InChI=1S/C24H27NO4/c1-15(2)17-9-11-18(12-10-17)21-20(22(26)19-7-5-16(3)6-8-19)23(27)24(28)25(21)13-14-29-4/h5-12,15,21,26H,13-14H2,1-4H3/t21-/m0/s1. The summed E-state index contributed by atoms with van der Waals surface area (Å²) in [6, 6.07) is 14.4. The van der Waals surface area contributed by atoms with Crippen molar-refractivity contribution < 1.29 is 19.4 Å².